The highest BCUT2D eigenvalue weighted by atomic mass is 35.5. The van der Waals surface area contributed by atoms with Crippen molar-refractivity contribution in [2.45, 2.75) is 19.4 Å². The Labute approximate surface area is 152 Å². The number of aliphatic hydroxyl groups is 1. The third-order valence-electron chi connectivity index (χ3n) is 3.53. The number of pyridine rings is 1. The van der Waals surface area contributed by atoms with Gasteiger partial charge in [0.05, 0.1) is 6.54 Å². The summed E-state index contributed by atoms with van der Waals surface area (Å²) in [5.41, 5.74) is 1.30. The van der Waals surface area contributed by atoms with Gasteiger partial charge in [-0.25, -0.2) is 9.37 Å². The standard InChI is InChI=1S/C18H22ClFN4O/c1-2-21-18(22-10-9-13-7-8-17(19)23-11-13)24-12-16(25)14-5-3-4-6-15(14)20/h3-8,11,16,25H,2,9-10,12H2,1H3,(H2,21,22,24). The first kappa shape index (κ1) is 19.1. The fourth-order valence-electron chi connectivity index (χ4n) is 2.24. The van der Waals surface area contributed by atoms with Gasteiger partial charge in [-0.05, 0) is 31.0 Å². The SMILES string of the molecule is CCNC(=NCC(O)c1ccccc1F)NCCc1ccc(Cl)nc1. The van der Waals surface area contributed by atoms with Crippen LogP contribution in [0.5, 0.6) is 0 Å². The van der Waals surface area contributed by atoms with Crippen LogP contribution >= 0.6 is 11.6 Å². The van der Waals surface area contributed by atoms with Crippen LogP contribution in [0.2, 0.25) is 5.15 Å². The first-order valence-electron chi connectivity index (χ1n) is 8.15. The molecule has 0 fully saturated rings. The first-order valence-corrected chi connectivity index (χ1v) is 8.53. The zero-order valence-corrected chi connectivity index (χ0v) is 14.8. The third kappa shape index (κ3) is 6.32. The van der Waals surface area contributed by atoms with Gasteiger partial charge in [0.1, 0.15) is 17.1 Å². The molecule has 3 N–H and O–H groups in total. The molecule has 134 valence electrons. The Bertz CT molecular complexity index is 694. The van der Waals surface area contributed by atoms with Crippen LogP contribution in [-0.4, -0.2) is 35.7 Å². The summed E-state index contributed by atoms with van der Waals surface area (Å²) in [7, 11) is 0. The van der Waals surface area contributed by atoms with Gasteiger partial charge < -0.3 is 15.7 Å². The molecule has 1 atom stereocenters. The summed E-state index contributed by atoms with van der Waals surface area (Å²) >= 11 is 5.76. The van der Waals surface area contributed by atoms with Crippen molar-refractivity contribution in [3.8, 4) is 0 Å². The summed E-state index contributed by atoms with van der Waals surface area (Å²) < 4.78 is 13.7. The number of aromatic nitrogens is 1. The van der Waals surface area contributed by atoms with Crippen LogP contribution in [-0.2, 0) is 6.42 Å². The minimum atomic E-state index is -0.989. The van der Waals surface area contributed by atoms with E-state index in [1.807, 2.05) is 13.0 Å². The van der Waals surface area contributed by atoms with Crippen LogP contribution in [0.15, 0.2) is 47.6 Å². The molecule has 0 saturated carbocycles. The number of aliphatic imine (C=N–C) groups is 1. The first-order chi connectivity index (χ1) is 12.1. The van der Waals surface area contributed by atoms with Crippen molar-refractivity contribution >= 4 is 17.6 Å². The summed E-state index contributed by atoms with van der Waals surface area (Å²) in [6.07, 6.45) is 1.50. The van der Waals surface area contributed by atoms with E-state index in [-0.39, 0.29) is 12.1 Å². The molecule has 0 bridgehead atoms. The highest BCUT2D eigenvalue weighted by molar-refractivity contribution is 6.29. The average molecular weight is 365 g/mol. The van der Waals surface area contributed by atoms with Crippen LogP contribution in [0, 0.1) is 5.82 Å². The van der Waals surface area contributed by atoms with Crippen LogP contribution in [0.25, 0.3) is 0 Å². The van der Waals surface area contributed by atoms with Crippen molar-refractivity contribution in [2.24, 2.45) is 4.99 Å². The van der Waals surface area contributed by atoms with Crippen molar-refractivity contribution in [3.63, 3.8) is 0 Å². The third-order valence-corrected chi connectivity index (χ3v) is 3.75. The Morgan fingerprint density at radius 1 is 1.28 bits per heavy atom. The molecule has 25 heavy (non-hydrogen) atoms. The predicted molar refractivity (Wildman–Crippen MR) is 98.3 cm³/mol. The van der Waals surface area contributed by atoms with E-state index in [4.69, 9.17) is 11.6 Å². The van der Waals surface area contributed by atoms with Crippen molar-refractivity contribution in [1.82, 2.24) is 15.6 Å². The highest BCUT2D eigenvalue weighted by Crippen LogP contribution is 2.16. The molecule has 0 aliphatic heterocycles. The van der Waals surface area contributed by atoms with E-state index in [0.717, 1.165) is 12.0 Å². The van der Waals surface area contributed by atoms with E-state index in [2.05, 4.69) is 20.6 Å². The van der Waals surface area contributed by atoms with E-state index >= 15 is 0 Å². The molecule has 0 aliphatic carbocycles. The molecule has 0 amide bonds. The van der Waals surface area contributed by atoms with Gasteiger partial charge in [-0.15, -0.1) is 0 Å². The number of nitrogens with zero attached hydrogens (tertiary/aromatic N) is 2. The van der Waals surface area contributed by atoms with Gasteiger partial charge in [0, 0.05) is 24.8 Å². The van der Waals surface area contributed by atoms with Gasteiger partial charge in [0.25, 0.3) is 0 Å². The minimum absolute atomic E-state index is 0.0682. The van der Waals surface area contributed by atoms with Crippen molar-refractivity contribution in [2.75, 3.05) is 19.6 Å². The lowest BCUT2D eigenvalue weighted by Crippen LogP contribution is -2.38. The van der Waals surface area contributed by atoms with E-state index in [1.54, 1.807) is 30.5 Å². The van der Waals surface area contributed by atoms with Crippen LogP contribution < -0.4 is 10.6 Å². The molecular formula is C18H22ClFN4O. The van der Waals surface area contributed by atoms with Gasteiger partial charge in [0.2, 0.25) is 0 Å². The number of hydrogen-bond acceptors (Lipinski definition) is 3. The van der Waals surface area contributed by atoms with E-state index in [9.17, 15) is 9.50 Å². The van der Waals surface area contributed by atoms with Crippen molar-refractivity contribution in [1.29, 1.82) is 0 Å². The lowest BCUT2D eigenvalue weighted by molar-refractivity contribution is 0.182. The van der Waals surface area contributed by atoms with Gasteiger partial charge in [0.15, 0.2) is 5.96 Å². The molecule has 0 radical (unpaired) electrons. The second-order valence-corrected chi connectivity index (χ2v) is 5.81. The lowest BCUT2D eigenvalue weighted by Gasteiger charge is -2.13. The lowest BCUT2D eigenvalue weighted by atomic mass is 10.1. The number of benzene rings is 1. The van der Waals surface area contributed by atoms with Gasteiger partial charge in [-0.2, -0.15) is 0 Å². The number of halogens is 2. The minimum Gasteiger partial charge on any atom is -0.386 e. The summed E-state index contributed by atoms with van der Waals surface area (Å²) in [6.45, 7) is 3.35. The number of guanidine groups is 1. The quantitative estimate of drug-likeness (QED) is 0.401. The Balaban J connectivity index is 1.89. The monoisotopic (exact) mass is 364 g/mol. The molecular weight excluding hydrogens is 343 g/mol. The Hall–Kier alpha value is -2.18. The number of hydrogen-bond donors (Lipinski definition) is 3. The van der Waals surface area contributed by atoms with Gasteiger partial charge >= 0.3 is 0 Å². The van der Waals surface area contributed by atoms with Crippen LogP contribution in [0.4, 0.5) is 4.39 Å². The van der Waals surface area contributed by atoms with Gasteiger partial charge in [-0.1, -0.05) is 35.9 Å². The summed E-state index contributed by atoms with van der Waals surface area (Å²) in [5.74, 6) is 0.137. The second-order valence-electron chi connectivity index (χ2n) is 5.42. The second kappa shape index (κ2) is 9.96. The molecule has 5 nitrogen and oxygen atoms in total. The Morgan fingerprint density at radius 2 is 2.08 bits per heavy atom. The van der Waals surface area contributed by atoms with Crippen LogP contribution in [0.1, 0.15) is 24.2 Å². The Morgan fingerprint density at radius 3 is 2.76 bits per heavy atom. The number of rotatable bonds is 7. The van der Waals surface area contributed by atoms with Crippen molar-refractivity contribution < 1.29 is 9.50 Å². The highest BCUT2D eigenvalue weighted by Gasteiger charge is 2.11. The average Bonchev–Trinajstić information content (AvgIpc) is 2.61. The van der Waals surface area contributed by atoms with E-state index in [1.165, 1.54) is 6.07 Å². The zero-order chi connectivity index (χ0) is 18.1. The summed E-state index contributed by atoms with van der Waals surface area (Å²) in [5, 5.41) is 16.9. The van der Waals surface area contributed by atoms with Crippen molar-refractivity contribution in [3.05, 3.63) is 64.7 Å². The fraction of sp³-hybridized carbons (Fsp3) is 0.333. The topological polar surface area (TPSA) is 69.5 Å². The van der Waals surface area contributed by atoms with E-state index < -0.39 is 11.9 Å². The normalized spacial score (nSPS) is 12.7. The summed E-state index contributed by atoms with van der Waals surface area (Å²) in [6, 6.07) is 9.83. The fourth-order valence-corrected chi connectivity index (χ4v) is 2.35. The number of aliphatic hydroxyl groups excluding tert-OH is 1. The number of nitrogens with one attached hydrogen (secondary N) is 2. The molecule has 1 aromatic carbocycles. The largest absolute Gasteiger partial charge is 0.386 e. The molecule has 0 saturated heterocycles. The molecule has 1 heterocycles. The van der Waals surface area contributed by atoms with Crippen LogP contribution in [0.3, 0.4) is 0 Å². The molecule has 0 aliphatic rings. The molecule has 7 heteroatoms. The van der Waals surface area contributed by atoms with Gasteiger partial charge in [-0.3, -0.25) is 4.99 Å². The predicted octanol–water partition coefficient (Wildman–Crippen LogP) is 2.71. The molecule has 0 spiro atoms. The summed E-state index contributed by atoms with van der Waals surface area (Å²) in [4.78, 5) is 8.35. The Kier molecular flexibility index (Phi) is 7.63. The maximum Gasteiger partial charge on any atom is 0.191 e. The van der Waals surface area contributed by atoms with E-state index in [0.29, 0.717) is 24.2 Å². The molecule has 2 aromatic rings. The maximum absolute atomic E-state index is 13.7. The smallest absolute Gasteiger partial charge is 0.191 e. The molecule has 1 unspecified atom stereocenters. The zero-order valence-electron chi connectivity index (χ0n) is 14.0. The maximum atomic E-state index is 13.7. The molecule has 1 aromatic heterocycles. The molecule has 2 rings (SSSR count).